The number of ether oxygens (including phenoxy) is 4. The molecule has 0 radical (unpaired) electrons. The van der Waals surface area contributed by atoms with Gasteiger partial charge in [-0.15, -0.1) is 5.10 Å². The van der Waals surface area contributed by atoms with E-state index >= 15 is 0 Å². The van der Waals surface area contributed by atoms with Gasteiger partial charge in [-0.25, -0.2) is 4.68 Å². The summed E-state index contributed by atoms with van der Waals surface area (Å²) in [6.45, 7) is 11.1. The Hall–Kier alpha value is -3.23. The number of rotatable bonds is 6. The number of fused-ring (bicyclic) bond motifs is 7. The molecule has 8 rings (SSSR count). The molecule has 3 heterocycles. The van der Waals surface area contributed by atoms with Gasteiger partial charge in [-0.1, -0.05) is 57.2 Å². The standard InChI is InChI=1S/C38H47N3O5/c1-23-12-15-38(45-21-23)24(2)35-33(46-38)17-31-29-11-8-26-16-32(42)34(18-37(26,4)30(29)13-14-36(31,35)3)44-22-27-20-41(40-39-27)19-25-6-9-28(43-5)10-7-25/h6-11,16,18,20,23-24,29-31,33,35H,12-15,17,19,21-22H2,1-5H3/t23-,24+,29-,30+,31+,33+,35+,36+,37+,38-/m1/s1. The predicted octanol–water partition coefficient (Wildman–Crippen LogP) is 6.67. The van der Waals surface area contributed by atoms with Gasteiger partial charge in [0, 0.05) is 17.8 Å². The van der Waals surface area contributed by atoms with Crippen molar-refractivity contribution < 1.29 is 23.7 Å². The number of nitrogens with zero attached hydrogens (tertiary/aromatic N) is 3. The monoisotopic (exact) mass is 625 g/mol. The summed E-state index contributed by atoms with van der Waals surface area (Å²) >= 11 is 0. The lowest BCUT2D eigenvalue weighted by Crippen LogP contribution is -2.51. The summed E-state index contributed by atoms with van der Waals surface area (Å²) in [6.07, 6.45) is 16.3. The second kappa shape index (κ2) is 10.9. The Morgan fingerprint density at radius 1 is 1.09 bits per heavy atom. The summed E-state index contributed by atoms with van der Waals surface area (Å²) in [5.41, 5.74) is 2.85. The molecule has 1 aromatic heterocycles. The van der Waals surface area contributed by atoms with Gasteiger partial charge in [0.2, 0.25) is 5.78 Å². The molecule has 46 heavy (non-hydrogen) atoms. The van der Waals surface area contributed by atoms with Crippen LogP contribution in [0.3, 0.4) is 0 Å². The van der Waals surface area contributed by atoms with E-state index in [1.807, 2.05) is 30.5 Å². The van der Waals surface area contributed by atoms with Crippen LogP contribution in [0.4, 0.5) is 0 Å². The van der Waals surface area contributed by atoms with Gasteiger partial charge in [-0.05, 0) is 96.1 Å². The smallest absolute Gasteiger partial charge is 0.220 e. The average molecular weight is 626 g/mol. The van der Waals surface area contributed by atoms with E-state index in [4.69, 9.17) is 18.9 Å². The van der Waals surface area contributed by atoms with E-state index in [-0.39, 0.29) is 29.3 Å². The third-order valence-corrected chi connectivity index (χ3v) is 12.9. The van der Waals surface area contributed by atoms with Gasteiger partial charge in [0.1, 0.15) is 18.1 Å². The lowest BCUT2D eigenvalue weighted by atomic mass is 9.49. The van der Waals surface area contributed by atoms with E-state index in [0.717, 1.165) is 42.8 Å². The number of carbonyl (C=O) groups excluding carboxylic acids is 1. The predicted molar refractivity (Wildman–Crippen MR) is 172 cm³/mol. The molecule has 2 saturated carbocycles. The summed E-state index contributed by atoms with van der Waals surface area (Å²) in [5, 5.41) is 8.59. The summed E-state index contributed by atoms with van der Waals surface area (Å²) in [7, 11) is 1.66. The number of hydrogen-bond donors (Lipinski definition) is 0. The molecule has 1 aromatic carbocycles. The largest absolute Gasteiger partial charge is 0.497 e. The first-order valence-corrected chi connectivity index (χ1v) is 17.3. The van der Waals surface area contributed by atoms with Gasteiger partial charge in [0.25, 0.3) is 0 Å². The van der Waals surface area contributed by atoms with Crippen LogP contribution in [-0.2, 0) is 32.2 Å². The lowest BCUT2D eigenvalue weighted by molar-refractivity contribution is -0.272. The summed E-state index contributed by atoms with van der Waals surface area (Å²) < 4.78 is 26.7. The first kappa shape index (κ1) is 30.1. The number of carbonyl (C=O) groups is 1. The highest BCUT2D eigenvalue weighted by molar-refractivity contribution is 6.04. The number of aromatic nitrogens is 3. The maximum Gasteiger partial charge on any atom is 0.220 e. The van der Waals surface area contributed by atoms with Crippen LogP contribution in [0.2, 0.25) is 0 Å². The third-order valence-electron chi connectivity index (χ3n) is 12.9. The van der Waals surface area contributed by atoms with Crippen molar-refractivity contribution in [3.63, 3.8) is 0 Å². The number of ketones is 1. The fourth-order valence-electron chi connectivity index (χ4n) is 10.4. The Balaban J connectivity index is 0.975. The number of hydrogen-bond acceptors (Lipinski definition) is 7. The van der Waals surface area contributed by atoms with E-state index in [0.29, 0.717) is 53.5 Å². The van der Waals surface area contributed by atoms with E-state index < -0.39 is 5.79 Å². The zero-order valence-corrected chi connectivity index (χ0v) is 27.8. The molecule has 0 bridgehead atoms. The molecule has 4 aliphatic carbocycles. The van der Waals surface area contributed by atoms with Crippen molar-refractivity contribution in [3.05, 3.63) is 77.4 Å². The van der Waals surface area contributed by atoms with E-state index in [1.165, 1.54) is 12.8 Å². The molecule has 8 nitrogen and oxygen atoms in total. The molecular formula is C38H47N3O5. The molecular weight excluding hydrogens is 578 g/mol. The number of methoxy groups -OCH3 is 1. The second-order valence-electron chi connectivity index (χ2n) is 15.5. The minimum absolute atomic E-state index is 0.0773. The molecule has 10 atom stereocenters. The molecule has 2 aliphatic heterocycles. The fraction of sp³-hybridized carbons (Fsp3) is 0.605. The van der Waals surface area contributed by atoms with Gasteiger partial charge >= 0.3 is 0 Å². The molecule has 6 aliphatic rings. The Morgan fingerprint density at radius 3 is 2.67 bits per heavy atom. The Bertz CT molecular complexity index is 1600. The maximum absolute atomic E-state index is 13.3. The molecule has 2 saturated heterocycles. The molecule has 244 valence electrons. The van der Waals surface area contributed by atoms with Crippen LogP contribution in [0.1, 0.15) is 71.1 Å². The molecule has 0 unspecified atom stereocenters. The Kier molecular flexibility index (Phi) is 7.15. The van der Waals surface area contributed by atoms with Crippen LogP contribution in [-0.4, -0.2) is 46.4 Å². The highest BCUT2D eigenvalue weighted by atomic mass is 16.7. The van der Waals surface area contributed by atoms with E-state index in [2.05, 4.69) is 56.2 Å². The Morgan fingerprint density at radius 2 is 1.91 bits per heavy atom. The van der Waals surface area contributed by atoms with Gasteiger partial charge in [-0.3, -0.25) is 4.79 Å². The average Bonchev–Trinajstić information content (AvgIpc) is 3.70. The minimum atomic E-state index is -0.392. The van der Waals surface area contributed by atoms with Gasteiger partial charge in [0.15, 0.2) is 11.5 Å². The van der Waals surface area contributed by atoms with Crippen molar-refractivity contribution in [3.8, 4) is 5.75 Å². The van der Waals surface area contributed by atoms with Gasteiger partial charge < -0.3 is 18.9 Å². The molecule has 8 heteroatoms. The van der Waals surface area contributed by atoms with E-state index in [1.54, 1.807) is 17.9 Å². The van der Waals surface area contributed by atoms with Crippen molar-refractivity contribution in [2.45, 2.75) is 84.8 Å². The summed E-state index contributed by atoms with van der Waals surface area (Å²) in [4.78, 5) is 13.3. The SMILES string of the molecule is COc1ccc(Cn2cc(COC3=C[C@@]4(C)C(=CC3=O)C=C[C@H]3[C@@H]5C[C@@H]6O[C@]7(CC[C@@H](C)CO7)[C@@H](C)[C@@H]6[C@@]5(C)CC[C@@H]34)nn2)cc1. The fourth-order valence-corrected chi connectivity index (χ4v) is 10.4. The molecule has 4 fully saturated rings. The number of allylic oxidation sites excluding steroid dienone is 5. The molecule has 0 N–H and O–H groups in total. The third kappa shape index (κ3) is 4.65. The van der Waals surface area contributed by atoms with Crippen LogP contribution in [0.15, 0.2) is 66.1 Å². The number of benzene rings is 1. The lowest BCUT2D eigenvalue weighted by Gasteiger charge is -2.55. The van der Waals surface area contributed by atoms with Crippen LogP contribution >= 0.6 is 0 Å². The molecule has 2 aromatic rings. The van der Waals surface area contributed by atoms with Crippen molar-refractivity contribution in [2.75, 3.05) is 13.7 Å². The first-order chi connectivity index (χ1) is 22.1. The molecule has 0 amide bonds. The summed E-state index contributed by atoms with van der Waals surface area (Å²) in [6, 6.07) is 7.90. The normalized spacial score (nSPS) is 40.9. The van der Waals surface area contributed by atoms with E-state index in [9.17, 15) is 4.79 Å². The zero-order chi connectivity index (χ0) is 31.8. The highest BCUT2D eigenvalue weighted by Gasteiger charge is 2.68. The van der Waals surface area contributed by atoms with Crippen molar-refractivity contribution in [2.24, 2.45) is 46.3 Å². The van der Waals surface area contributed by atoms with Crippen LogP contribution in [0, 0.1) is 46.3 Å². The van der Waals surface area contributed by atoms with Crippen molar-refractivity contribution >= 4 is 5.78 Å². The minimum Gasteiger partial charge on any atom is -0.497 e. The Labute approximate surface area is 272 Å². The first-order valence-electron chi connectivity index (χ1n) is 17.3. The van der Waals surface area contributed by atoms with Gasteiger partial charge in [0.05, 0.1) is 32.6 Å². The maximum atomic E-state index is 13.3. The molecule has 1 spiro atoms. The van der Waals surface area contributed by atoms with Gasteiger partial charge in [-0.2, -0.15) is 0 Å². The van der Waals surface area contributed by atoms with Crippen molar-refractivity contribution in [1.29, 1.82) is 0 Å². The second-order valence-corrected chi connectivity index (χ2v) is 15.5. The topological polar surface area (TPSA) is 84.7 Å². The van der Waals surface area contributed by atoms with Crippen LogP contribution < -0.4 is 4.74 Å². The zero-order valence-electron chi connectivity index (χ0n) is 27.8. The van der Waals surface area contributed by atoms with Crippen LogP contribution in [0.5, 0.6) is 5.75 Å². The van der Waals surface area contributed by atoms with Crippen LogP contribution in [0.25, 0.3) is 0 Å². The van der Waals surface area contributed by atoms with Crippen molar-refractivity contribution in [1.82, 2.24) is 15.0 Å². The quantitative estimate of drug-likeness (QED) is 0.355. The highest BCUT2D eigenvalue weighted by Crippen LogP contribution is 2.69. The summed E-state index contributed by atoms with van der Waals surface area (Å²) in [5.74, 6) is 3.70.